The number of aromatic nitrogens is 1. The second kappa shape index (κ2) is 4.01. The Hall–Kier alpha value is -1.16. The van der Waals surface area contributed by atoms with Crippen molar-refractivity contribution in [2.75, 3.05) is 11.9 Å². The molecule has 1 aliphatic carbocycles. The number of pyridine rings is 1. The fourth-order valence-electron chi connectivity index (χ4n) is 2.33. The molecule has 2 unspecified atom stereocenters. The maximum absolute atomic E-state index is 12.9. The number of halogens is 1. The second-order valence-electron chi connectivity index (χ2n) is 4.56. The van der Waals surface area contributed by atoms with E-state index < -0.39 is 5.95 Å². The van der Waals surface area contributed by atoms with Gasteiger partial charge in [0.2, 0.25) is 5.95 Å². The van der Waals surface area contributed by atoms with Crippen LogP contribution in [0.3, 0.4) is 0 Å². The van der Waals surface area contributed by atoms with Gasteiger partial charge in [0, 0.05) is 6.61 Å². The summed E-state index contributed by atoms with van der Waals surface area (Å²) < 4.78 is 18.6. The van der Waals surface area contributed by atoms with Crippen LogP contribution in [0.25, 0.3) is 0 Å². The van der Waals surface area contributed by atoms with Gasteiger partial charge in [-0.2, -0.15) is 4.39 Å². The van der Waals surface area contributed by atoms with Gasteiger partial charge in [-0.1, -0.05) is 6.07 Å². The molecule has 1 aliphatic heterocycles. The lowest BCUT2D eigenvalue weighted by Gasteiger charge is -2.19. The van der Waals surface area contributed by atoms with Crippen LogP contribution in [-0.2, 0) is 4.74 Å². The van der Waals surface area contributed by atoms with Crippen molar-refractivity contribution in [1.82, 2.24) is 4.98 Å². The van der Waals surface area contributed by atoms with Gasteiger partial charge in [-0.3, -0.25) is 0 Å². The first-order valence-corrected chi connectivity index (χ1v) is 5.83. The van der Waals surface area contributed by atoms with Gasteiger partial charge in [0.05, 0.1) is 12.1 Å². The van der Waals surface area contributed by atoms with E-state index in [9.17, 15) is 4.39 Å². The van der Waals surface area contributed by atoms with Gasteiger partial charge in [-0.05, 0) is 37.3 Å². The quantitative estimate of drug-likeness (QED) is 0.796. The molecule has 0 radical (unpaired) electrons. The monoisotopic (exact) mass is 222 g/mol. The largest absolute Gasteiger partial charge is 0.376 e. The molecule has 1 aromatic heterocycles. The first-order chi connectivity index (χ1) is 7.83. The van der Waals surface area contributed by atoms with E-state index in [1.165, 1.54) is 18.9 Å². The number of hydrogen-bond acceptors (Lipinski definition) is 3. The van der Waals surface area contributed by atoms with Crippen molar-refractivity contribution in [2.45, 2.75) is 31.4 Å². The Kier molecular flexibility index (Phi) is 2.52. The van der Waals surface area contributed by atoms with Crippen molar-refractivity contribution in [3.05, 3.63) is 24.1 Å². The Bertz CT molecular complexity index is 381. The predicted molar refractivity (Wildman–Crippen MR) is 58.7 cm³/mol. The zero-order valence-corrected chi connectivity index (χ0v) is 9.03. The first-order valence-electron chi connectivity index (χ1n) is 5.83. The van der Waals surface area contributed by atoms with Crippen LogP contribution in [-0.4, -0.2) is 23.7 Å². The molecule has 1 N–H and O–H groups in total. The molecule has 0 amide bonds. The summed E-state index contributed by atoms with van der Waals surface area (Å²) in [7, 11) is 0. The fourth-order valence-corrected chi connectivity index (χ4v) is 2.33. The molecule has 16 heavy (non-hydrogen) atoms. The smallest absolute Gasteiger partial charge is 0.214 e. The van der Waals surface area contributed by atoms with E-state index in [1.54, 1.807) is 12.1 Å². The molecule has 2 atom stereocenters. The van der Waals surface area contributed by atoms with Crippen LogP contribution in [0.1, 0.15) is 19.3 Å². The molecule has 86 valence electrons. The standard InChI is InChI=1S/C12H15FN2O/c13-10-2-1-3-11(15-10)14-9-6-7-16-12(9)8-4-5-8/h1-3,8-9,12H,4-7H2,(H,14,15). The molecule has 1 aromatic rings. The number of hydrogen-bond donors (Lipinski definition) is 1. The fraction of sp³-hybridized carbons (Fsp3) is 0.583. The van der Waals surface area contributed by atoms with Crippen LogP contribution >= 0.6 is 0 Å². The highest BCUT2D eigenvalue weighted by Crippen LogP contribution is 2.39. The van der Waals surface area contributed by atoms with E-state index in [2.05, 4.69) is 10.3 Å². The molecule has 0 spiro atoms. The zero-order valence-electron chi connectivity index (χ0n) is 9.03. The molecule has 4 heteroatoms. The maximum atomic E-state index is 12.9. The van der Waals surface area contributed by atoms with Gasteiger partial charge in [-0.15, -0.1) is 0 Å². The molecule has 2 heterocycles. The lowest BCUT2D eigenvalue weighted by molar-refractivity contribution is 0.0898. The third-order valence-corrected chi connectivity index (χ3v) is 3.27. The highest BCUT2D eigenvalue weighted by molar-refractivity contribution is 5.35. The van der Waals surface area contributed by atoms with Gasteiger partial charge in [-0.25, -0.2) is 4.98 Å². The highest BCUT2D eigenvalue weighted by Gasteiger charge is 2.40. The number of nitrogens with zero attached hydrogens (tertiary/aromatic N) is 1. The Morgan fingerprint density at radius 2 is 2.19 bits per heavy atom. The number of ether oxygens (including phenoxy) is 1. The van der Waals surface area contributed by atoms with Gasteiger partial charge >= 0.3 is 0 Å². The van der Waals surface area contributed by atoms with Gasteiger partial charge in [0.25, 0.3) is 0 Å². The van der Waals surface area contributed by atoms with Crippen LogP contribution < -0.4 is 5.32 Å². The van der Waals surface area contributed by atoms with Crippen molar-refractivity contribution in [3.63, 3.8) is 0 Å². The van der Waals surface area contributed by atoms with Gasteiger partial charge in [0.1, 0.15) is 5.82 Å². The number of rotatable bonds is 3. The van der Waals surface area contributed by atoms with Crippen LogP contribution in [0.5, 0.6) is 0 Å². The molecule has 2 aliphatic rings. The number of nitrogens with one attached hydrogen (secondary N) is 1. The number of anilines is 1. The minimum Gasteiger partial charge on any atom is -0.376 e. The molecule has 3 nitrogen and oxygen atoms in total. The average molecular weight is 222 g/mol. The third kappa shape index (κ3) is 2.02. The van der Waals surface area contributed by atoms with E-state index in [0.717, 1.165) is 13.0 Å². The van der Waals surface area contributed by atoms with Gasteiger partial charge < -0.3 is 10.1 Å². The normalized spacial score (nSPS) is 29.3. The van der Waals surface area contributed by atoms with Crippen molar-refractivity contribution in [3.8, 4) is 0 Å². The Labute approximate surface area is 94.0 Å². The average Bonchev–Trinajstić information content (AvgIpc) is 3.00. The summed E-state index contributed by atoms with van der Waals surface area (Å²) in [6.45, 7) is 0.800. The van der Waals surface area contributed by atoms with E-state index in [4.69, 9.17) is 4.74 Å². The first kappa shape index (κ1) is 10.0. The minimum atomic E-state index is -0.438. The molecular formula is C12H15FN2O. The molecule has 0 bridgehead atoms. The van der Waals surface area contributed by atoms with E-state index in [1.807, 2.05) is 0 Å². The van der Waals surface area contributed by atoms with Crippen molar-refractivity contribution < 1.29 is 9.13 Å². The molecule has 1 saturated carbocycles. The topological polar surface area (TPSA) is 34.1 Å². The van der Waals surface area contributed by atoms with Gasteiger partial charge in [0.15, 0.2) is 0 Å². The van der Waals surface area contributed by atoms with E-state index >= 15 is 0 Å². The Morgan fingerprint density at radius 3 is 2.94 bits per heavy atom. The van der Waals surface area contributed by atoms with Crippen molar-refractivity contribution >= 4 is 5.82 Å². The highest BCUT2D eigenvalue weighted by atomic mass is 19.1. The molecule has 2 fully saturated rings. The summed E-state index contributed by atoms with van der Waals surface area (Å²) in [4.78, 5) is 3.82. The summed E-state index contributed by atoms with van der Waals surface area (Å²) in [5.74, 6) is 0.876. The van der Waals surface area contributed by atoms with Crippen molar-refractivity contribution in [1.29, 1.82) is 0 Å². The van der Waals surface area contributed by atoms with Crippen molar-refractivity contribution in [2.24, 2.45) is 5.92 Å². The lowest BCUT2D eigenvalue weighted by atomic mass is 10.1. The molecule has 0 aromatic carbocycles. The molecule has 1 saturated heterocycles. The third-order valence-electron chi connectivity index (χ3n) is 3.27. The minimum absolute atomic E-state index is 0.293. The van der Waals surface area contributed by atoms with Crippen LogP contribution in [0, 0.1) is 11.9 Å². The van der Waals surface area contributed by atoms with Crippen LogP contribution in [0.4, 0.5) is 10.2 Å². The summed E-state index contributed by atoms with van der Waals surface area (Å²) in [5, 5.41) is 3.28. The van der Waals surface area contributed by atoms with E-state index in [-0.39, 0.29) is 0 Å². The van der Waals surface area contributed by atoms with Crippen LogP contribution in [0.15, 0.2) is 18.2 Å². The Balaban J connectivity index is 1.69. The summed E-state index contributed by atoms with van der Waals surface area (Å²) in [6, 6.07) is 5.12. The predicted octanol–water partition coefficient (Wildman–Crippen LogP) is 2.20. The lowest BCUT2D eigenvalue weighted by Crippen LogP contribution is -2.31. The molecule has 3 rings (SSSR count). The SMILES string of the molecule is Fc1cccc(NC2CCOC2C2CC2)n1. The summed E-state index contributed by atoms with van der Waals surface area (Å²) in [6.07, 6.45) is 3.81. The van der Waals surface area contributed by atoms with Crippen LogP contribution in [0.2, 0.25) is 0 Å². The Morgan fingerprint density at radius 1 is 1.31 bits per heavy atom. The maximum Gasteiger partial charge on any atom is 0.214 e. The summed E-state index contributed by atoms with van der Waals surface area (Å²) in [5.41, 5.74) is 0. The molecular weight excluding hydrogens is 207 g/mol. The van der Waals surface area contributed by atoms with E-state index in [0.29, 0.717) is 23.9 Å². The second-order valence-corrected chi connectivity index (χ2v) is 4.56. The summed E-state index contributed by atoms with van der Waals surface area (Å²) >= 11 is 0. The zero-order chi connectivity index (χ0) is 11.0.